The topological polar surface area (TPSA) is 37.3 Å². The highest BCUT2D eigenvalue weighted by Crippen LogP contribution is 2.10. The van der Waals surface area contributed by atoms with Crippen molar-refractivity contribution in [1.82, 2.24) is 0 Å². The van der Waals surface area contributed by atoms with E-state index in [0.717, 1.165) is 24.0 Å². The maximum Gasteiger partial charge on any atom is 0.162 e. The summed E-state index contributed by atoms with van der Waals surface area (Å²) in [4.78, 5) is 11.8. The van der Waals surface area contributed by atoms with Gasteiger partial charge in [-0.15, -0.1) is 0 Å². The van der Waals surface area contributed by atoms with Gasteiger partial charge in [0.15, 0.2) is 5.78 Å². The number of aliphatic hydroxyl groups excluding tert-OH is 1. The average molecular weight is 220 g/mol. The molecule has 1 unspecified atom stereocenters. The number of aryl methyl sites for hydroxylation is 1. The van der Waals surface area contributed by atoms with Crippen molar-refractivity contribution in [2.75, 3.05) is 0 Å². The van der Waals surface area contributed by atoms with Gasteiger partial charge in [0.2, 0.25) is 0 Å². The molecule has 1 aromatic carbocycles. The van der Waals surface area contributed by atoms with Gasteiger partial charge in [0, 0.05) is 12.0 Å². The van der Waals surface area contributed by atoms with Gasteiger partial charge in [-0.05, 0) is 19.8 Å². The number of carbonyl (C=O) groups is 1. The zero-order chi connectivity index (χ0) is 12.0. The van der Waals surface area contributed by atoms with Gasteiger partial charge in [-0.3, -0.25) is 4.79 Å². The maximum absolute atomic E-state index is 11.8. The summed E-state index contributed by atoms with van der Waals surface area (Å²) in [5.74, 6) is 0.121. The highest BCUT2D eigenvalue weighted by atomic mass is 16.3. The van der Waals surface area contributed by atoms with Gasteiger partial charge >= 0.3 is 0 Å². The Morgan fingerprint density at radius 1 is 1.25 bits per heavy atom. The van der Waals surface area contributed by atoms with Crippen molar-refractivity contribution < 1.29 is 9.90 Å². The van der Waals surface area contributed by atoms with E-state index >= 15 is 0 Å². The quantitative estimate of drug-likeness (QED) is 0.748. The summed E-state index contributed by atoms with van der Waals surface area (Å²) in [5.41, 5.74) is 1.90. The van der Waals surface area contributed by atoms with Crippen molar-refractivity contribution in [1.29, 1.82) is 0 Å². The Labute approximate surface area is 97.3 Å². The second-order valence-electron chi connectivity index (χ2n) is 4.27. The molecule has 1 atom stereocenters. The van der Waals surface area contributed by atoms with Crippen molar-refractivity contribution in [2.45, 2.75) is 45.6 Å². The molecule has 0 amide bonds. The zero-order valence-corrected chi connectivity index (χ0v) is 10.1. The van der Waals surface area contributed by atoms with Crippen LogP contribution in [0.1, 0.15) is 48.5 Å². The van der Waals surface area contributed by atoms with Gasteiger partial charge in [-0.1, -0.05) is 43.2 Å². The van der Waals surface area contributed by atoms with E-state index in [-0.39, 0.29) is 11.9 Å². The highest BCUT2D eigenvalue weighted by Gasteiger charge is 2.09. The number of hydrogen-bond acceptors (Lipinski definition) is 2. The molecule has 0 saturated carbocycles. The predicted octanol–water partition coefficient (Wildman–Crippen LogP) is 3.12. The molecule has 1 rings (SSSR count). The van der Waals surface area contributed by atoms with Gasteiger partial charge in [-0.2, -0.15) is 0 Å². The molecular weight excluding hydrogens is 200 g/mol. The van der Waals surface area contributed by atoms with Crippen LogP contribution in [0.2, 0.25) is 0 Å². The lowest BCUT2D eigenvalue weighted by atomic mass is 10.0. The summed E-state index contributed by atoms with van der Waals surface area (Å²) in [6, 6.07) is 7.58. The van der Waals surface area contributed by atoms with Gasteiger partial charge < -0.3 is 5.11 Å². The first-order chi connectivity index (χ1) is 7.63. The van der Waals surface area contributed by atoms with E-state index in [2.05, 4.69) is 0 Å². The molecule has 0 fully saturated rings. The molecule has 0 aliphatic carbocycles. The number of Topliss-reactive ketones (excluding diaryl/α,β-unsaturated/α-hetero) is 1. The maximum atomic E-state index is 11.8. The standard InChI is InChI=1S/C14H20O2/c1-3-4-13(15)9-10-14(16)12-7-5-11(2)6-8-12/h5-8,13,15H,3-4,9-10H2,1-2H3. The monoisotopic (exact) mass is 220 g/mol. The minimum absolute atomic E-state index is 0.121. The Morgan fingerprint density at radius 2 is 1.88 bits per heavy atom. The average Bonchev–Trinajstić information content (AvgIpc) is 2.27. The van der Waals surface area contributed by atoms with E-state index in [1.54, 1.807) is 0 Å². The van der Waals surface area contributed by atoms with E-state index in [0.29, 0.717) is 12.8 Å². The molecule has 0 saturated heterocycles. The van der Waals surface area contributed by atoms with Crippen LogP contribution in [0, 0.1) is 6.92 Å². The summed E-state index contributed by atoms with van der Waals surface area (Å²) in [5, 5.41) is 9.54. The van der Waals surface area contributed by atoms with Gasteiger partial charge in [0.1, 0.15) is 0 Å². The second-order valence-corrected chi connectivity index (χ2v) is 4.27. The number of carbonyl (C=O) groups excluding carboxylic acids is 1. The largest absolute Gasteiger partial charge is 0.393 e. The molecule has 1 aromatic rings. The van der Waals surface area contributed by atoms with Crippen LogP contribution in [-0.4, -0.2) is 17.0 Å². The van der Waals surface area contributed by atoms with Gasteiger partial charge in [-0.25, -0.2) is 0 Å². The van der Waals surface area contributed by atoms with Crippen LogP contribution < -0.4 is 0 Å². The van der Waals surface area contributed by atoms with Crippen LogP contribution in [0.3, 0.4) is 0 Å². The lowest BCUT2D eigenvalue weighted by Crippen LogP contribution is -2.09. The first-order valence-electron chi connectivity index (χ1n) is 5.91. The molecule has 0 radical (unpaired) electrons. The van der Waals surface area contributed by atoms with Crippen molar-refractivity contribution >= 4 is 5.78 Å². The molecular formula is C14H20O2. The van der Waals surface area contributed by atoms with E-state index in [4.69, 9.17) is 0 Å². The summed E-state index contributed by atoms with van der Waals surface area (Å²) in [6.45, 7) is 4.03. The predicted molar refractivity (Wildman–Crippen MR) is 65.7 cm³/mol. The number of hydrogen-bond donors (Lipinski definition) is 1. The van der Waals surface area contributed by atoms with Crippen LogP contribution in [0.5, 0.6) is 0 Å². The minimum atomic E-state index is -0.334. The Hall–Kier alpha value is -1.15. The molecule has 0 heterocycles. The van der Waals surface area contributed by atoms with Crippen LogP contribution in [-0.2, 0) is 0 Å². The third kappa shape index (κ3) is 4.15. The van der Waals surface area contributed by atoms with Crippen LogP contribution in [0.15, 0.2) is 24.3 Å². The highest BCUT2D eigenvalue weighted by molar-refractivity contribution is 5.96. The lowest BCUT2D eigenvalue weighted by Gasteiger charge is -2.08. The molecule has 0 aromatic heterocycles. The molecule has 2 nitrogen and oxygen atoms in total. The van der Waals surface area contributed by atoms with E-state index < -0.39 is 0 Å². The molecule has 2 heteroatoms. The molecule has 1 N–H and O–H groups in total. The van der Waals surface area contributed by atoms with Crippen LogP contribution in [0.4, 0.5) is 0 Å². The zero-order valence-electron chi connectivity index (χ0n) is 10.1. The molecule has 0 aliphatic heterocycles. The van der Waals surface area contributed by atoms with Gasteiger partial charge in [0.25, 0.3) is 0 Å². The summed E-state index contributed by atoms with van der Waals surface area (Å²) >= 11 is 0. The third-order valence-corrected chi connectivity index (χ3v) is 2.70. The Balaban J connectivity index is 2.43. The summed E-state index contributed by atoms with van der Waals surface area (Å²) in [7, 11) is 0. The number of aliphatic hydroxyl groups is 1. The SMILES string of the molecule is CCCC(O)CCC(=O)c1ccc(C)cc1. The third-order valence-electron chi connectivity index (χ3n) is 2.70. The molecule has 0 bridgehead atoms. The fourth-order valence-corrected chi connectivity index (χ4v) is 1.66. The smallest absolute Gasteiger partial charge is 0.162 e. The van der Waals surface area contributed by atoms with E-state index in [1.807, 2.05) is 38.1 Å². The first-order valence-corrected chi connectivity index (χ1v) is 5.91. The van der Waals surface area contributed by atoms with Crippen LogP contribution in [0.25, 0.3) is 0 Å². The second kappa shape index (κ2) is 6.44. The van der Waals surface area contributed by atoms with E-state index in [1.165, 1.54) is 0 Å². The normalized spacial score (nSPS) is 12.4. The van der Waals surface area contributed by atoms with Crippen molar-refractivity contribution in [3.8, 4) is 0 Å². The van der Waals surface area contributed by atoms with Crippen molar-refractivity contribution in [3.05, 3.63) is 35.4 Å². The Bertz CT molecular complexity index is 327. The fourth-order valence-electron chi connectivity index (χ4n) is 1.66. The number of benzene rings is 1. The Morgan fingerprint density at radius 3 is 2.44 bits per heavy atom. The fraction of sp³-hybridized carbons (Fsp3) is 0.500. The Kier molecular flexibility index (Phi) is 5.20. The van der Waals surface area contributed by atoms with Crippen molar-refractivity contribution in [3.63, 3.8) is 0 Å². The van der Waals surface area contributed by atoms with Crippen LogP contribution >= 0.6 is 0 Å². The molecule has 0 spiro atoms. The number of ketones is 1. The summed E-state index contributed by atoms with van der Waals surface area (Å²) < 4.78 is 0. The molecule has 16 heavy (non-hydrogen) atoms. The minimum Gasteiger partial charge on any atom is -0.393 e. The number of rotatable bonds is 6. The molecule has 88 valence electrons. The van der Waals surface area contributed by atoms with Gasteiger partial charge in [0.05, 0.1) is 6.10 Å². The first kappa shape index (κ1) is 12.9. The lowest BCUT2D eigenvalue weighted by molar-refractivity contribution is 0.0933. The molecule has 0 aliphatic rings. The summed E-state index contributed by atoms with van der Waals surface area (Å²) in [6.07, 6.45) is 2.41. The van der Waals surface area contributed by atoms with Crippen molar-refractivity contribution in [2.24, 2.45) is 0 Å². The van der Waals surface area contributed by atoms with E-state index in [9.17, 15) is 9.90 Å².